The van der Waals surface area contributed by atoms with Crippen molar-refractivity contribution in [1.29, 1.82) is 0 Å². The van der Waals surface area contributed by atoms with E-state index in [4.69, 9.17) is 11.6 Å². The van der Waals surface area contributed by atoms with Crippen LogP contribution in [0.1, 0.15) is 5.56 Å². The van der Waals surface area contributed by atoms with Gasteiger partial charge in [-0.2, -0.15) is 0 Å². The fourth-order valence-electron chi connectivity index (χ4n) is 0.692. The van der Waals surface area contributed by atoms with Gasteiger partial charge in [0.15, 0.2) is 0 Å². The Balaban J connectivity index is 3.29. The predicted octanol–water partition coefficient (Wildman–Crippen LogP) is 3.47. The zero-order chi connectivity index (χ0) is 8.43. The molecular formula is C7H4BrClF2. The Morgan fingerprint density at radius 3 is 2.45 bits per heavy atom. The highest BCUT2D eigenvalue weighted by Gasteiger charge is 2.09. The molecule has 0 radical (unpaired) electrons. The summed E-state index contributed by atoms with van der Waals surface area (Å²) in [6, 6.07) is 2.48. The normalized spacial score (nSPS) is 10.2. The number of hydrogen-bond acceptors (Lipinski definition) is 0. The highest BCUT2D eigenvalue weighted by molar-refractivity contribution is 9.10. The van der Waals surface area contributed by atoms with Crippen LogP contribution in [0.3, 0.4) is 0 Å². The van der Waals surface area contributed by atoms with Crippen molar-refractivity contribution >= 4 is 27.5 Å². The van der Waals surface area contributed by atoms with Gasteiger partial charge in [0.1, 0.15) is 11.6 Å². The SMILES string of the molecule is Fc1ccc(Br)c(F)c1CCl. The van der Waals surface area contributed by atoms with Gasteiger partial charge in [-0.15, -0.1) is 11.6 Å². The molecule has 0 spiro atoms. The summed E-state index contributed by atoms with van der Waals surface area (Å²) in [6.07, 6.45) is 0. The average molecular weight is 241 g/mol. The first-order valence-electron chi connectivity index (χ1n) is 2.85. The summed E-state index contributed by atoms with van der Waals surface area (Å²) in [5, 5.41) is 0. The van der Waals surface area contributed by atoms with Crippen molar-refractivity contribution in [3.8, 4) is 0 Å². The molecule has 0 saturated carbocycles. The van der Waals surface area contributed by atoms with Crippen LogP contribution < -0.4 is 0 Å². The Bertz CT molecular complexity index is 275. The number of benzene rings is 1. The second-order valence-corrected chi connectivity index (χ2v) is 3.08. The first kappa shape index (κ1) is 8.94. The molecule has 0 aromatic heterocycles. The summed E-state index contributed by atoms with van der Waals surface area (Å²) in [5.74, 6) is -1.39. The topological polar surface area (TPSA) is 0 Å². The van der Waals surface area contributed by atoms with Crippen LogP contribution >= 0.6 is 27.5 Å². The van der Waals surface area contributed by atoms with Gasteiger partial charge in [0.2, 0.25) is 0 Å². The average Bonchev–Trinajstić information content (AvgIpc) is 1.99. The Kier molecular flexibility index (Phi) is 2.84. The van der Waals surface area contributed by atoms with Crippen molar-refractivity contribution in [1.82, 2.24) is 0 Å². The Morgan fingerprint density at radius 2 is 2.00 bits per heavy atom. The third-order valence-electron chi connectivity index (χ3n) is 1.27. The highest BCUT2D eigenvalue weighted by Crippen LogP contribution is 2.22. The van der Waals surface area contributed by atoms with E-state index in [9.17, 15) is 8.78 Å². The fraction of sp³-hybridized carbons (Fsp3) is 0.143. The third-order valence-corrected chi connectivity index (χ3v) is 2.15. The van der Waals surface area contributed by atoms with Gasteiger partial charge in [-0.1, -0.05) is 0 Å². The molecule has 0 amide bonds. The largest absolute Gasteiger partial charge is 0.207 e. The molecule has 0 nitrogen and oxygen atoms in total. The van der Waals surface area contributed by atoms with Crippen LogP contribution in [0.2, 0.25) is 0 Å². The minimum absolute atomic E-state index is 0.0963. The van der Waals surface area contributed by atoms with Gasteiger partial charge in [-0.05, 0) is 28.1 Å². The van der Waals surface area contributed by atoms with Crippen LogP contribution in [0.25, 0.3) is 0 Å². The lowest BCUT2D eigenvalue weighted by Crippen LogP contribution is -1.92. The van der Waals surface area contributed by atoms with Crippen LogP contribution in [0.15, 0.2) is 16.6 Å². The van der Waals surface area contributed by atoms with Gasteiger partial charge in [0.25, 0.3) is 0 Å². The maximum atomic E-state index is 12.9. The zero-order valence-electron chi connectivity index (χ0n) is 5.37. The molecule has 0 aliphatic rings. The van der Waals surface area contributed by atoms with Crippen molar-refractivity contribution in [3.63, 3.8) is 0 Å². The molecule has 1 rings (SSSR count). The molecule has 0 unspecified atom stereocenters. The van der Waals surface area contributed by atoms with E-state index < -0.39 is 11.6 Å². The summed E-state index contributed by atoms with van der Waals surface area (Å²) >= 11 is 8.23. The van der Waals surface area contributed by atoms with E-state index in [0.29, 0.717) is 0 Å². The molecule has 0 aliphatic heterocycles. The van der Waals surface area contributed by atoms with E-state index in [1.54, 1.807) is 0 Å². The van der Waals surface area contributed by atoms with Gasteiger partial charge in [-0.25, -0.2) is 8.78 Å². The first-order chi connectivity index (χ1) is 5.16. The summed E-state index contributed by atoms with van der Waals surface area (Å²) < 4.78 is 25.8. The van der Waals surface area contributed by atoms with Crippen LogP contribution in [-0.4, -0.2) is 0 Å². The summed E-state index contributed by atoms with van der Waals surface area (Å²) in [4.78, 5) is 0. The number of rotatable bonds is 1. The van der Waals surface area contributed by atoms with Crippen LogP contribution in [-0.2, 0) is 5.88 Å². The van der Waals surface area contributed by atoms with E-state index in [1.807, 2.05) is 0 Å². The van der Waals surface area contributed by atoms with E-state index >= 15 is 0 Å². The Hall–Kier alpha value is -0.150. The number of alkyl halides is 1. The molecule has 0 atom stereocenters. The fourth-order valence-corrected chi connectivity index (χ4v) is 1.31. The van der Waals surface area contributed by atoms with Crippen molar-refractivity contribution in [3.05, 3.63) is 33.8 Å². The van der Waals surface area contributed by atoms with Crippen LogP contribution in [0, 0.1) is 11.6 Å². The standard InChI is InChI=1S/C7H4BrClF2/c8-5-1-2-6(10)4(3-9)7(5)11/h1-2H,3H2. The van der Waals surface area contributed by atoms with Gasteiger partial charge in [0, 0.05) is 5.56 Å². The molecule has 0 bridgehead atoms. The van der Waals surface area contributed by atoms with Gasteiger partial charge in [-0.3, -0.25) is 0 Å². The Morgan fingerprint density at radius 1 is 1.36 bits per heavy atom. The molecule has 1 aromatic carbocycles. The minimum atomic E-state index is -0.625. The van der Waals surface area contributed by atoms with Crippen LogP contribution in [0.5, 0.6) is 0 Å². The summed E-state index contributed by atoms with van der Waals surface area (Å²) in [7, 11) is 0. The molecule has 4 heteroatoms. The molecule has 0 saturated heterocycles. The lowest BCUT2D eigenvalue weighted by Gasteiger charge is -2.01. The van der Waals surface area contributed by atoms with Gasteiger partial charge in [0.05, 0.1) is 10.4 Å². The van der Waals surface area contributed by atoms with Crippen molar-refractivity contribution in [2.45, 2.75) is 5.88 Å². The first-order valence-corrected chi connectivity index (χ1v) is 4.18. The lowest BCUT2D eigenvalue weighted by atomic mass is 10.2. The summed E-state index contributed by atoms with van der Waals surface area (Å²) in [6.45, 7) is 0. The molecule has 60 valence electrons. The van der Waals surface area contributed by atoms with Gasteiger partial charge < -0.3 is 0 Å². The Labute approximate surface area is 76.3 Å². The molecular weight excluding hydrogens is 237 g/mol. The smallest absolute Gasteiger partial charge is 0.144 e. The summed E-state index contributed by atoms with van der Waals surface area (Å²) in [5.41, 5.74) is -0.0963. The quantitative estimate of drug-likeness (QED) is 0.522. The molecule has 0 aliphatic carbocycles. The maximum Gasteiger partial charge on any atom is 0.144 e. The zero-order valence-corrected chi connectivity index (χ0v) is 7.72. The van der Waals surface area contributed by atoms with Crippen LogP contribution in [0.4, 0.5) is 8.78 Å². The lowest BCUT2D eigenvalue weighted by molar-refractivity contribution is 0.561. The van der Waals surface area contributed by atoms with Crippen molar-refractivity contribution < 1.29 is 8.78 Å². The van der Waals surface area contributed by atoms with E-state index in [-0.39, 0.29) is 15.9 Å². The van der Waals surface area contributed by atoms with Gasteiger partial charge >= 0.3 is 0 Å². The van der Waals surface area contributed by atoms with E-state index in [1.165, 1.54) is 12.1 Å². The highest BCUT2D eigenvalue weighted by atomic mass is 79.9. The van der Waals surface area contributed by atoms with E-state index in [0.717, 1.165) is 0 Å². The number of halogens is 4. The second kappa shape index (κ2) is 3.50. The molecule has 1 aromatic rings. The monoisotopic (exact) mass is 240 g/mol. The number of hydrogen-bond donors (Lipinski definition) is 0. The van der Waals surface area contributed by atoms with E-state index in [2.05, 4.69) is 15.9 Å². The molecule has 0 N–H and O–H groups in total. The maximum absolute atomic E-state index is 12.9. The van der Waals surface area contributed by atoms with Crippen molar-refractivity contribution in [2.24, 2.45) is 0 Å². The second-order valence-electron chi connectivity index (χ2n) is 1.96. The van der Waals surface area contributed by atoms with Crippen molar-refractivity contribution in [2.75, 3.05) is 0 Å². The third kappa shape index (κ3) is 1.71. The minimum Gasteiger partial charge on any atom is -0.207 e. The molecule has 0 fully saturated rings. The molecule has 0 heterocycles. The predicted molar refractivity (Wildman–Crippen MR) is 43.6 cm³/mol. The molecule has 11 heavy (non-hydrogen) atoms.